The summed E-state index contributed by atoms with van der Waals surface area (Å²) >= 11 is 1.63. The number of hydrogen-bond donors (Lipinski definition) is 2. The van der Waals surface area contributed by atoms with Crippen LogP contribution in [0.5, 0.6) is 0 Å². The second-order valence-electron chi connectivity index (χ2n) is 3.52. The summed E-state index contributed by atoms with van der Waals surface area (Å²) in [6.07, 6.45) is 4.54. The van der Waals surface area contributed by atoms with Crippen LogP contribution in [0.2, 0.25) is 0 Å². The summed E-state index contributed by atoms with van der Waals surface area (Å²) in [6, 6.07) is 0. The van der Waals surface area contributed by atoms with Crippen LogP contribution in [0.15, 0.2) is 17.8 Å². The van der Waals surface area contributed by atoms with Gasteiger partial charge in [-0.05, 0) is 6.42 Å². The fourth-order valence-corrected chi connectivity index (χ4v) is 2.09. The number of aliphatic hydroxyl groups excluding tert-OH is 1. The van der Waals surface area contributed by atoms with Crippen LogP contribution in [0.1, 0.15) is 19.0 Å². The first-order chi connectivity index (χ1) is 7.29. The number of fused-ring (bicyclic) bond motifs is 1. The van der Waals surface area contributed by atoms with Crippen molar-refractivity contribution in [2.24, 2.45) is 0 Å². The van der Waals surface area contributed by atoms with E-state index in [4.69, 9.17) is 0 Å². The van der Waals surface area contributed by atoms with Crippen molar-refractivity contribution in [2.45, 2.75) is 26.0 Å². The van der Waals surface area contributed by atoms with Gasteiger partial charge in [0, 0.05) is 30.9 Å². The first-order valence-corrected chi connectivity index (χ1v) is 5.97. The van der Waals surface area contributed by atoms with E-state index in [1.165, 1.54) is 0 Å². The molecule has 82 valence electrons. The minimum absolute atomic E-state index is 0.256. The molecule has 0 bridgehead atoms. The van der Waals surface area contributed by atoms with Crippen LogP contribution in [-0.4, -0.2) is 27.1 Å². The van der Waals surface area contributed by atoms with Gasteiger partial charge in [-0.2, -0.15) is 0 Å². The lowest BCUT2D eigenvalue weighted by molar-refractivity contribution is 0.167. The Morgan fingerprint density at radius 2 is 2.53 bits per heavy atom. The molecule has 2 heterocycles. The summed E-state index contributed by atoms with van der Waals surface area (Å²) in [4.78, 5) is 5.45. The highest BCUT2D eigenvalue weighted by atomic mass is 32.1. The summed E-state index contributed by atoms with van der Waals surface area (Å²) in [5.41, 5.74) is 1.02. The van der Waals surface area contributed by atoms with Gasteiger partial charge in [-0.15, -0.1) is 11.3 Å². The maximum atomic E-state index is 9.35. The number of aliphatic hydroxyl groups is 1. The standard InChI is InChI=1S/C10H15N3OS/c1-2-9(14)6-11-5-8-7-13-3-4-15-10(13)12-8/h3-4,7,9,11,14H,2,5-6H2,1H3. The molecule has 4 nitrogen and oxygen atoms in total. The number of thiazole rings is 1. The van der Waals surface area contributed by atoms with Gasteiger partial charge in [-0.25, -0.2) is 4.98 Å². The van der Waals surface area contributed by atoms with Gasteiger partial charge in [-0.1, -0.05) is 6.92 Å². The molecule has 5 heteroatoms. The van der Waals surface area contributed by atoms with Crippen molar-refractivity contribution >= 4 is 16.3 Å². The number of nitrogens with one attached hydrogen (secondary N) is 1. The van der Waals surface area contributed by atoms with Gasteiger partial charge >= 0.3 is 0 Å². The van der Waals surface area contributed by atoms with E-state index in [2.05, 4.69) is 10.3 Å². The SMILES string of the molecule is CCC(O)CNCc1cn2ccsc2n1. The van der Waals surface area contributed by atoms with E-state index >= 15 is 0 Å². The molecule has 0 aliphatic heterocycles. The molecular weight excluding hydrogens is 210 g/mol. The average molecular weight is 225 g/mol. The molecular formula is C10H15N3OS. The predicted molar refractivity (Wildman–Crippen MR) is 61.1 cm³/mol. The maximum Gasteiger partial charge on any atom is 0.193 e. The van der Waals surface area contributed by atoms with E-state index in [9.17, 15) is 5.11 Å². The van der Waals surface area contributed by atoms with Crippen LogP contribution in [-0.2, 0) is 6.54 Å². The van der Waals surface area contributed by atoms with Crippen LogP contribution in [0.25, 0.3) is 4.96 Å². The summed E-state index contributed by atoms with van der Waals surface area (Å²) in [7, 11) is 0. The van der Waals surface area contributed by atoms with Crippen LogP contribution < -0.4 is 5.32 Å². The molecule has 0 amide bonds. The van der Waals surface area contributed by atoms with Gasteiger partial charge in [0.1, 0.15) is 0 Å². The number of rotatable bonds is 5. The van der Waals surface area contributed by atoms with Gasteiger partial charge < -0.3 is 10.4 Å². The minimum atomic E-state index is -0.256. The van der Waals surface area contributed by atoms with Gasteiger partial charge in [-0.3, -0.25) is 4.40 Å². The zero-order chi connectivity index (χ0) is 10.7. The van der Waals surface area contributed by atoms with E-state index in [1.807, 2.05) is 29.1 Å². The lowest BCUT2D eigenvalue weighted by atomic mass is 10.3. The number of aromatic nitrogens is 2. The topological polar surface area (TPSA) is 49.6 Å². The summed E-state index contributed by atoms with van der Waals surface area (Å²) < 4.78 is 2.01. The van der Waals surface area contributed by atoms with Crippen molar-refractivity contribution in [3.05, 3.63) is 23.5 Å². The van der Waals surface area contributed by atoms with E-state index in [0.717, 1.165) is 17.1 Å². The highest BCUT2D eigenvalue weighted by Crippen LogP contribution is 2.10. The van der Waals surface area contributed by atoms with E-state index in [-0.39, 0.29) is 6.10 Å². The minimum Gasteiger partial charge on any atom is -0.392 e. The van der Waals surface area contributed by atoms with E-state index in [1.54, 1.807) is 11.3 Å². The molecule has 15 heavy (non-hydrogen) atoms. The molecule has 2 aromatic heterocycles. The van der Waals surface area contributed by atoms with Gasteiger partial charge in [0.25, 0.3) is 0 Å². The van der Waals surface area contributed by atoms with Crippen molar-refractivity contribution in [2.75, 3.05) is 6.54 Å². The zero-order valence-electron chi connectivity index (χ0n) is 8.68. The third kappa shape index (κ3) is 2.56. The summed E-state index contributed by atoms with van der Waals surface area (Å²) in [6.45, 7) is 3.31. The van der Waals surface area contributed by atoms with E-state index in [0.29, 0.717) is 13.1 Å². The molecule has 0 aliphatic carbocycles. The van der Waals surface area contributed by atoms with Crippen molar-refractivity contribution in [3.8, 4) is 0 Å². The van der Waals surface area contributed by atoms with Crippen LogP contribution >= 0.6 is 11.3 Å². The highest BCUT2D eigenvalue weighted by Gasteiger charge is 2.03. The van der Waals surface area contributed by atoms with Crippen molar-refractivity contribution < 1.29 is 5.11 Å². The quantitative estimate of drug-likeness (QED) is 0.805. The van der Waals surface area contributed by atoms with Crippen molar-refractivity contribution in [3.63, 3.8) is 0 Å². The first kappa shape index (κ1) is 10.6. The van der Waals surface area contributed by atoms with Gasteiger partial charge in [0.05, 0.1) is 11.8 Å². The third-order valence-corrected chi connectivity index (χ3v) is 3.07. The Labute approximate surface area is 92.6 Å². The molecule has 2 aromatic rings. The molecule has 0 aromatic carbocycles. The molecule has 0 radical (unpaired) electrons. The van der Waals surface area contributed by atoms with Crippen LogP contribution in [0.3, 0.4) is 0 Å². The molecule has 0 saturated heterocycles. The Hall–Kier alpha value is -0.910. The lowest BCUT2D eigenvalue weighted by Gasteiger charge is -2.07. The lowest BCUT2D eigenvalue weighted by Crippen LogP contribution is -2.25. The molecule has 2 N–H and O–H groups in total. The van der Waals surface area contributed by atoms with E-state index < -0.39 is 0 Å². The molecule has 0 spiro atoms. The third-order valence-electron chi connectivity index (χ3n) is 2.30. The molecule has 0 saturated carbocycles. The molecule has 1 unspecified atom stereocenters. The van der Waals surface area contributed by atoms with Gasteiger partial charge in [0.2, 0.25) is 0 Å². The van der Waals surface area contributed by atoms with Crippen LogP contribution in [0, 0.1) is 0 Å². The van der Waals surface area contributed by atoms with Crippen molar-refractivity contribution in [1.82, 2.24) is 14.7 Å². The number of imidazole rings is 1. The fraction of sp³-hybridized carbons (Fsp3) is 0.500. The second-order valence-corrected chi connectivity index (χ2v) is 4.39. The predicted octanol–water partition coefficient (Wildman–Crippen LogP) is 1.26. The Morgan fingerprint density at radius 3 is 3.27 bits per heavy atom. The summed E-state index contributed by atoms with van der Waals surface area (Å²) in [5, 5.41) is 14.5. The second kappa shape index (κ2) is 4.74. The molecule has 2 rings (SSSR count). The van der Waals surface area contributed by atoms with Crippen LogP contribution in [0.4, 0.5) is 0 Å². The molecule has 0 fully saturated rings. The Bertz CT molecular complexity index is 394. The zero-order valence-corrected chi connectivity index (χ0v) is 9.50. The highest BCUT2D eigenvalue weighted by molar-refractivity contribution is 7.15. The van der Waals surface area contributed by atoms with Gasteiger partial charge in [0.15, 0.2) is 4.96 Å². The fourth-order valence-electron chi connectivity index (χ4n) is 1.37. The normalized spacial score (nSPS) is 13.5. The largest absolute Gasteiger partial charge is 0.392 e. The molecule has 1 atom stereocenters. The summed E-state index contributed by atoms with van der Waals surface area (Å²) in [5.74, 6) is 0. The Balaban J connectivity index is 1.87. The maximum absolute atomic E-state index is 9.35. The number of hydrogen-bond acceptors (Lipinski definition) is 4. The molecule has 0 aliphatic rings. The van der Waals surface area contributed by atoms with Crippen molar-refractivity contribution in [1.29, 1.82) is 0 Å². The first-order valence-electron chi connectivity index (χ1n) is 5.09. The number of nitrogens with zero attached hydrogens (tertiary/aromatic N) is 2. The Kier molecular flexibility index (Phi) is 3.35. The smallest absolute Gasteiger partial charge is 0.193 e. The monoisotopic (exact) mass is 225 g/mol. The average Bonchev–Trinajstić information content (AvgIpc) is 2.77. The Morgan fingerprint density at radius 1 is 1.67 bits per heavy atom.